The summed E-state index contributed by atoms with van der Waals surface area (Å²) >= 11 is 0. The highest BCUT2D eigenvalue weighted by molar-refractivity contribution is 5.80. The SMILES string of the molecule is CC(C)(C)OC(=O)CN1CCNCCN(CC(=O)OC(C)(C)C)CCN(C(CCC(=O)OCc2ccccc2)C(=O)OC(C)(C)C)CC1.CCOC(=O)CN1CCN(CC(=O)OC(C)(C)C)CCN(C(CCC(=O)O)C(=O)OC(C)(C)C)CCN(CC(=O)OC(C)(C)C)CC1.CCOC(=O)CN1CCN(CC(=O)OC(C)(C)C)CCN(C(CCC(=O)OCc2ccccc2)C(=O)OC(C)(C)C)CCN(CC(=O)OC(C)(C)C)CC1. The molecule has 850 valence electrons. The molecule has 3 aliphatic heterocycles. The van der Waals surface area contributed by atoms with E-state index in [0.717, 1.165) is 11.1 Å². The minimum absolute atomic E-state index is 0.00790. The summed E-state index contributed by atoms with van der Waals surface area (Å²) in [7, 11) is 0. The van der Waals surface area contributed by atoms with Crippen LogP contribution in [0.5, 0.6) is 0 Å². The molecule has 3 fully saturated rings. The van der Waals surface area contributed by atoms with Gasteiger partial charge in [-0.25, -0.2) is 0 Å². The minimum atomic E-state index is -1.03. The molecule has 0 aromatic heterocycles. The van der Waals surface area contributed by atoms with Gasteiger partial charge in [0.2, 0.25) is 0 Å². The molecule has 0 radical (unpaired) electrons. The molecule has 0 aliphatic carbocycles. The fraction of sp³-hybridized carbons (Fsp3) is 0.761. The van der Waals surface area contributed by atoms with Crippen molar-refractivity contribution in [3.05, 3.63) is 71.8 Å². The average molecular weight is 2110 g/mol. The van der Waals surface area contributed by atoms with E-state index in [1.807, 2.05) is 218 Å². The summed E-state index contributed by atoms with van der Waals surface area (Å²) in [5, 5.41) is 12.9. The Morgan fingerprint density at radius 1 is 0.248 bits per heavy atom. The summed E-state index contributed by atoms with van der Waals surface area (Å²) in [6.45, 7) is 63.2. The maximum absolute atomic E-state index is 13.9. The number of carbonyl (C=O) groups excluding carboxylic acids is 13. The molecule has 2 aromatic carbocycles. The van der Waals surface area contributed by atoms with Gasteiger partial charge in [0.25, 0.3) is 0 Å². The highest BCUT2D eigenvalue weighted by atomic mass is 16.6. The van der Waals surface area contributed by atoms with E-state index < -0.39 is 128 Å². The molecule has 0 bridgehead atoms. The van der Waals surface area contributed by atoms with Gasteiger partial charge in [0, 0.05) is 176 Å². The summed E-state index contributed by atoms with van der Waals surface area (Å²) < 4.78 is 72.6. The fourth-order valence-electron chi connectivity index (χ4n) is 15.7. The van der Waals surface area contributed by atoms with E-state index in [1.165, 1.54) is 0 Å². The Bertz CT molecular complexity index is 4250. The van der Waals surface area contributed by atoms with Gasteiger partial charge in [-0.05, 0) is 231 Å². The zero-order chi connectivity index (χ0) is 112. The third-order valence-corrected chi connectivity index (χ3v) is 22.0. The first-order valence-electron chi connectivity index (χ1n) is 52.6. The van der Waals surface area contributed by atoms with Gasteiger partial charge >= 0.3 is 83.6 Å². The molecule has 0 saturated carbocycles. The number of benzene rings is 2. The predicted octanol–water partition coefficient (Wildman–Crippen LogP) is 9.13. The van der Waals surface area contributed by atoms with Crippen molar-refractivity contribution in [2.45, 2.75) is 321 Å². The minimum Gasteiger partial charge on any atom is -0.481 e. The number of carbonyl (C=O) groups is 14. The molecule has 40 nitrogen and oxygen atoms in total. The fourth-order valence-corrected chi connectivity index (χ4v) is 15.7. The summed E-state index contributed by atoms with van der Waals surface area (Å²) in [4.78, 5) is 203. The summed E-state index contributed by atoms with van der Waals surface area (Å²) in [5.41, 5.74) is -4.53. The van der Waals surface area contributed by atoms with Crippen LogP contribution in [0.3, 0.4) is 0 Å². The maximum atomic E-state index is 13.9. The van der Waals surface area contributed by atoms with E-state index in [1.54, 1.807) is 96.9 Å². The maximum Gasteiger partial charge on any atom is 0.323 e. The first-order valence-corrected chi connectivity index (χ1v) is 52.6. The predicted molar refractivity (Wildman–Crippen MR) is 564 cm³/mol. The number of nitrogens with zero attached hydrogens (tertiary/aromatic N) is 11. The Morgan fingerprint density at radius 2 is 0.436 bits per heavy atom. The van der Waals surface area contributed by atoms with Crippen molar-refractivity contribution in [3.63, 3.8) is 0 Å². The van der Waals surface area contributed by atoms with Gasteiger partial charge < -0.3 is 72.0 Å². The van der Waals surface area contributed by atoms with Gasteiger partial charge in [-0.1, -0.05) is 60.7 Å². The van der Waals surface area contributed by atoms with Crippen LogP contribution in [-0.4, -0.2) is 434 Å². The van der Waals surface area contributed by atoms with E-state index in [9.17, 15) is 72.2 Å². The van der Waals surface area contributed by atoms with Gasteiger partial charge in [0.05, 0.1) is 65.6 Å². The second-order valence-electron chi connectivity index (χ2n) is 46.6. The molecule has 3 aliphatic rings. The lowest BCUT2D eigenvalue weighted by Crippen LogP contribution is -2.53. The highest BCUT2D eigenvalue weighted by Crippen LogP contribution is 2.25. The van der Waals surface area contributed by atoms with Crippen molar-refractivity contribution in [3.8, 4) is 0 Å². The van der Waals surface area contributed by atoms with E-state index in [4.69, 9.17) is 61.6 Å². The number of hydrogen-bond acceptors (Lipinski definition) is 39. The van der Waals surface area contributed by atoms with Gasteiger partial charge in [0.15, 0.2) is 0 Å². The highest BCUT2D eigenvalue weighted by Gasteiger charge is 2.39. The van der Waals surface area contributed by atoms with Crippen LogP contribution >= 0.6 is 0 Å². The molecule has 3 saturated heterocycles. The lowest BCUT2D eigenvalue weighted by molar-refractivity contribution is -0.164. The molecule has 0 amide bonds. The lowest BCUT2D eigenvalue weighted by atomic mass is 10.1. The first kappa shape index (κ1) is 134. The zero-order valence-corrected chi connectivity index (χ0v) is 95.6. The van der Waals surface area contributed by atoms with Crippen molar-refractivity contribution in [1.82, 2.24) is 59.2 Å². The number of nitrogens with one attached hydrogen (secondary N) is 1. The molecule has 3 heterocycles. The number of carboxylic acids is 1. The molecule has 2 N–H and O–H groups in total. The summed E-state index contributed by atoms with van der Waals surface area (Å²) in [5.74, 6) is -6.35. The Balaban J connectivity index is 0.000000576. The Morgan fingerprint density at radius 3 is 0.631 bits per heavy atom. The van der Waals surface area contributed by atoms with Crippen molar-refractivity contribution >= 4 is 83.6 Å². The van der Waals surface area contributed by atoms with Crippen LogP contribution in [0.1, 0.15) is 250 Å². The van der Waals surface area contributed by atoms with Crippen molar-refractivity contribution in [1.29, 1.82) is 0 Å². The largest absolute Gasteiger partial charge is 0.481 e. The number of aliphatic carboxylic acids is 1. The molecule has 40 heteroatoms. The van der Waals surface area contributed by atoms with E-state index in [2.05, 4.69) is 5.32 Å². The second kappa shape index (κ2) is 65.2. The number of hydrogen-bond donors (Lipinski definition) is 2. The first-order chi connectivity index (χ1) is 69.0. The quantitative estimate of drug-likeness (QED) is 0.0470. The van der Waals surface area contributed by atoms with Crippen LogP contribution in [0, 0.1) is 0 Å². The molecular weight excluding hydrogens is 1930 g/mol. The second-order valence-corrected chi connectivity index (χ2v) is 46.6. The topological polar surface area (TPSA) is 427 Å². The average Bonchev–Trinajstić information content (AvgIpc) is 0.851. The monoisotopic (exact) mass is 2110 g/mol. The molecule has 5 rings (SSSR count). The normalized spacial score (nSPS) is 17.4. The van der Waals surface area contributed by atoms with Crippen molar-refractivity contribution in [2.75, 3.05) is 223 Å². The van der Waals surface area contributed by atoms with Crippen LogP contribution in [0.15, 0.2) is 60.7 Å². The summed E-state index contributed by atoms with van der Waals surface area (Å²) in [6.07, 6.45) is 0.0814. The molecular formula is C109H186N12O28. The van der Waals surface area contributed by atoms with Crippen molar-refractivity contribution < 1.29 is 134 Å². The van der Waals surface area contributed by atoms with Crippen LogP contribution < -0.4 is 5.32 Å². The number of carboxylic acid groups (broad SMARTS) is 1. The smallest absolute Gasteiger partial charge is 0.323 e. The molecule has 3 atom stereocenters. The summed E-state index contributed by atoms with van der Waals surface area (Å²) in [6, 6.07) is 16.3. The Kier molecular flexibility index (Phi) is 58.5. The molecule has 0 spiro atoms. The van der Waals surface area contributed by atoms with Gasteiger partial charge in [-0.15, -0.1) is 0 Å². The van der Waals surface area contributed by atoms with Crippen molar-refractivity contribution in [2.24, 2.45) is 0 Å². The Hall–Kier alpha value is -9.46. The Labute approximate surface area is 887 Å². The van der Waals surface area contributed by atoms with E-state index >= 15 is 0 Å². The number of esters is 13. The number of rotatable bonds is 37. The van der Waals surface area contributed by atoms with E-state index in [-0.39, 0.29) is 141 Å². The third kappa shape index (κ3) is 66.9. The van der Waals surface area contributed by atoms with Gasteiger partial charge in [-0.3, -0.25) is 121 Å². The molecule has 3 unspecified atom stereocenters. The molecule has 149 heavy (non-hydrogen) atoms. The van der Waals surface area contributed by atoms with Crippen LogP contribution in [0.4, 0.5) is 0 Å². The van der Waals surface area contributed by atoms with Crippen LogP contribution in [0.25, 0.3) is 0 Å². The number of ether oxygens (including phenoxy) is 13. The van der Waals surface area contributed by atoms with Crippen LogP contribution in [0.2, 0.25) is 0 Å². The molecule has 2 aromatic rings. The third-order valence-electron chi connectivity index (χ3n) is 22.0. The zero-order valence-electron chi connectivity index (χ0n) is 95.6. The van der Waals surface area contributed by atoms with E-state index in [0.29, 0.717) is 157 Å². The lowest BCUT2D eigenvalue weighted by Gasteiger charge is -2.37. The van der Waals surface area contributed by atoms with Gasteiger partial charge in [-0.2, -0.15) is 0 Å². The van der Waals surface area contributed by atoms with Crippen LogP contribution in [-0.2, 0) is 142 Å². The standard InChI is InChI=1S/C40H66N4O10.C36H60N4O8.C33H60N4O10/c1-11-50-34(46)27-41-19-21-42(28-35(47)52-38(2,3)4)23-25-44(26-24-43(22-20-41)29-36(48)53-39(5,6)7)32(37(49)54-40(8,9)10)17-18-33(45)51-30-31-15-13-12-14-16-31;1-34(2,3)46-31(42)25-38-19-17-37-18-20-39(26-32(43)47-35(4,5)6)22-24-40(23-21-38)29(33(44)48-36(7,8)9)15-16-30(41)45-27-28-13-11-10-12-14-28;1-11-44-27(40)22-34-14-16-35(23-28(41)45-31(2,3)4)18-20-37(25(12-13-26(38)39)30(43)47-33(8,9)10)21-19-36(17-15-34)24-29(42)46-32(5,6)7/h12-16,32H,11,17-30H2,1-10H3;10-14,29,37H,15-27H2,1-9H3;25H,11-24H2,1-10H3,(H,38,39). The van der Waals surface area contributed by atoms with Gasteiger partial charge in [0.1, 0.15) is 81.7 Å².